The Balaban J connectivity index is 1.84. The summed E-state index contributed by atoms with van der Waals surface area (Å²) in [4.78, 5) is 4.44. The summed E-state index contributed by atoms with van der Waals surface area (Å²) >= 11 is 0. The summed E-state index contributed by atoms with van der Waals surface area (Å²) < 4.78 is 1.80. The number of hydrogen-bond donors (Lipinski definition) is 1. The van der Waals surface area contributed by atoms with Crippen LogP contribution in [0.2, 0.25) is 0 Å². The van der Waals surface area contributed by atoms with Crippen molar-refractivity contribution in [3.63, 3.8) is 0 Å². The minimum absolute atomic E-state index is 0.430. The number of rotatable bonds is 7. The van der Waals surface area contributed by atoms with Crippen molar-refractivity contribution in [2.24, 2.45) is 0 Å². The van der Waals surface area contributed by atoms with E-state index in [1.54, 1.807) is 4.52 Å². The second kappa shape index (κ2) is 6.38. The van der Waals surface area contributed by atoms with Gasteiger partial charge in [0.2, 0.25) is 5.95 Å². The zero-order valence-corrected chi connectivity index (χ0v) is 11.3. The number of nitrogens with zero attached hydrogens (tertiary/aromatic N) is 3. The highest BCUT2D eigenvalue weighted by atomic mass is 15.3. The number of unbranched alkanes of at least 4 members (excludes halogenated alkanes) is 3. The van der Waals surface area contributed by atoms with Crippen LogP contribution < -0.4 is 5.32 Å². The highest BCUT2D eigenvalue weighted by molar-refractivity contribution is 5.43. The third-order valence-corrected chi connectivity index (χ3v) is 3.11. The first-order valence-electron chi connectivity index (χ1n) is 6.87. The molecule has 0 spiro atoms. The molecule has 0 saturated heterocycles. The van der Waals surface area contributed by atoms with Crippen molar-refractivity contribution in [3.8, 4) is 0 Å². The number of fused-ring (bicyclic) bond motifs is 1. The van der Waals surface area contributed by atoms with Crippen LogP contribution in [0.5, 0.6) is 0 Å². The topological polar surface area (TPSA) is 42.2 Å². The smallest absolute Gasteiger partial charge is 0.243 e. The second-order valence-corrected chi connectivity index (χ2v) is 4.83. The first-order chi connectivity index (χ1) is 8.79. The Labute approximate surface area is 108 Å². The average Bonchev–Trinajstić information content (AvgIpc) is 2.76. The molecule has 0 aliphatic carbocycles. The number of hydrogen-bond acceptors (Lipinski definition) is 3. The van der Waals surface area contributed by atoms with E-state index in [4.69, 9.17) is 0 Å². The van der Waals surface area contributed by atoms with Gasteiger partial charge in [0.05, 0.1) is 0 Å². The maximum atomic E-state index is 4.44. The molecule has 0 aliphatic rings. The molecule has 98 valence electrons. The first-order valence-corrected chi connectivity index (χ1v) is 6.87. The normalized spacial score (nSPS) is 12.8. The molecule has 2 rings (SSSR count). The molecule has 4 nitrogen and oxygen atoms in total. The summed E-state index contributed by atoms with van der Waals surface area (Å²) in [6, 6.07) is 6.32. The van der Waals surface area contributed by atoms with Gasteiger partial charge in [0.15, 0.2) is 5.65 Å². The molecule has 4 heteroatoms. The monoisotopic (exact) mass is 246 g/mol. The Kier molecular flexibility index (Phi) is 4.56. The highest BCUT2D eigenvalue weighted by Crippen LogP contribution is 2.10. The van der Waals surface area contributed by atoms with Crippen LogP contribution >= 0.6 is 0 Å². The zero-order valence-electron chi connectivity index (χ0n) is 11.3. The standard InChI is InChI=1S/C14H22N4/c1-3-4-5-6-9-12(2)15-14-16-13-10-7-8-11-18(13)17-14/h7-8,10-12H,3-6,9H2,1-2H3,(H,15,17). The van der Waals surface area contributed by atoms with Crippen molar-refractivity contribution in [2.75, 3.05) is 5.32 Å². The molecule has 0 aromatic carbocycles. The molecule has 1 unspecified atom stereocenters. The van der Waals surface area contributed by atoms with Gasteiger partial charge in [-0.05, 0) is 25.5 Å². The lowest BCUT2D eigenvalue weighted by Crippen LogP contribution is -2.15. The molecule has 0 amide bonds. The van der Waals surface area contributed by atoms with Gasteiger partial charge in [0.25, 0.3) is 0 Å². The third-order valence-electron chi connectivity index (χ3n) is 3.11. The van der Waals surface area contributed by atoms with E-state index in [1.807, 2.05) is 24.4 Å². The number of nitrogens with one attached hydrogen (secondary N) is 1. The van der Waals surface area contributed by atoms with Crippen LogP contribution in [-0.2, 0) is 0 Å². The van der Waals surface area contributed by atoms with E-state index in [9.17, 15) is 0 Å². The average molecular weight is 246 g/mol. The zero-order chi connectivity index (χ0) is 12.8. The van der Waals surface area contributed by atoms with Gasteiger partial charge in [0, 0.05) is 12.2 Å². The number of pyridine rings is 1. The lowest BCUT2D eigenvalue weighted by Gasteiger charge is -2.11. The fourth-order valence-electron chi connectivity index (χ4n) is 2.06. The highest BCUT2D eigenvalue weighted by Gasteiger charge is 2.06. The van der Waals surface area contributed by atoms with E-state index in [0.717, 1.165) is 11.6 Å². The molecule has 0 fully saturated rings. The molecule has 1 atom stereocenters. The Morgan fingerprint density at radius 2 is 2.17 bits per heavy atom. The molecule has 0 aliphatic heterocycles. The lowest BCUT2D eigenvalue weighted by molar-refractivity contribution is 0.591. The molecular formula is C14H22N4. The summed E-state index contributed by atoms with van der Waals surface area (Å²) in [5.74, 6) is 0.726. The van der Waals surface area contributed by atoms with Gasteiger partial charge >= 0.3 is 0 Å². The maximum Gasteiger partial charge on any atom is 0.243 e. The van der Waals surface area contributed by atoms with Crippen molar-refractivity contribution in [3.05, 3.63) is 24.4 Å². The summed E-state index contributed by atoms with van der Waals surface area (Å²) in [7, 11) is 0. The molecule has 18 heavy (non-hydrogen) atoms. The first kappa shape index (κ1) is 12.9. The summed E-state index contributed by atoms with van der Waals surface area (Å²) in [6.45, 7) is 4.43. The molecule has 0 bridgehead atoms. The van der Waals surface area contributed by atoms with Crippen LogP contribution in [0.4, 0.5) is 5.95 Å². The van der Waals surface area contributed by atoms with Crippen molar-refractivity contribution in [1.29, 1.82) is 0 Å². The summed E-state index contributed by atoms with van der Waals surface area (Å²) in [5.41, 5.74) is 0.887. The SMILES string of the molecule is CCCCCCC(C)Nc1nc2ccccn2n1. The predicted molar refractivity (Wildman–Crippen MR) is 74.8 cm³/mol. The van der Waals surface area contributed by atoms with Crippen molar-refractivity contribution < 1.29 is 0 Å². The van der Waals surface area contributed by atoms with Crippen LogP contribution in [0.3, 0.4) is 0 Å². The largest absolute Gasteiger partial charge is 0.350 e. The Morgan fingerprint density at radius 3 is 2.94 bits per heavy atom. The van der Waals surface area contributed by atoms with E-state index in [-0.39, 0.29) is 0 Å². The molecule has 1 N–H and O–H groups in total. The molecule has 2 heterocycles. The minimum atomic E-state index is 0.430. The van der Waals surface area contributed by atoms with Crippen molar-refractivity contribution >= 4 is 11.6 Å². The number of aromatic nitrogens is 3. The summed E-state index contributed by atoms with van der Waals surface area (Å²) in [5, 5.41) is 7.76. The van der Waals surface area contributed by atoms with Gasteiger partial charge in [-0.25, -0.2) is 4.52 Å². The van der Waals surface area contributed by atoms with Crippen LogP contribution in [0.25, 0.3) is 5.65 Å². The van der Waals surface area contributed by atoms with Crippen LogP contribution in [0, 0.1) is 0 Å². The second-order valence-electron chi connectivity index (χ2n) is 4.83. The van der Waals surface area contributed by atoms with E-state index in [1.165, 1.54) is 32.1 Å². The van der Waals surface area contributed by atoms with Crippen molar-refractivity contribution in [2.45, 2.75) is 52.0 Å². The van der Waals surface area contributed by atoms with Crippen LogP contribution in [0.15, 0.2) is 24.4 Å². The molecule has 0 radical (unpaired) electrons. The van der Waals surface area contributed by atoms with Gasteiger partial charge in [-0.1, -0.05) is 38.7 Å². The van der Waals surface area contributed by atoms with Gasteiger partial charge in [-0.15, -0.1) is 5.10 Å². The van der Waals surface area contributed by atoms with E-state index >= 15 is 0 Å². The lowest BCUT2D eigenvalue weighted by atomic mass is 10.1. The Hall–Kier alpha value is -1.58. The molecular weight excluding hydrogens is 224 g/mol. The van der Waals surface area contributed by atoms with Gasteiger partial charge in [-0.2, -0.15) is 4.98 Å². The van der Waals surface area contributed by atoms with Gasteiger partial charge < -0.3 is 5.32 Å². The fourth-order valence-corrected chi connectivity index (χ4v) is 2.06. The third kappa shape index (κ3) is 3.45. The fraction of sp³-hybridized carbons (Fsp3) is 0.571. The van der Waals surface area contributed by atoms with E-state index in [0.29, 0.717) is 6.04 Å². The van der Waals surface area contributed by atoms with Crippen LogP contribution in [0.1, 0.15) is 46.0 Å². The molecule has 2 aromatic rings. The van der Waals surface area contributed by atoms with E-state index in [2.05, 4.69) is 29.2 Å². The maximum absolute atomic E-state index is 4.44. The predicted octanol–water partition coefficient (Wildman–Crippen LogP) is 3.50. The Morgan fingerprint density at radius 1 is 1.28 bits per heavy atom. The van der Waals surface area contributed by atoms with E-state index < -0.39 is 0 Å². The van der Waals surface area contributed by atoms with Crippen LogP contribution in [-0.4, -0.2) is 20.6 Å². The summed E-state index contributed by atoms with van der Waals surface area (Å²) in [6.07, 6.45) is 8.31. The van der Waals surface area contributed by atoms with Crippen molar-refractivity contribution in [1.82, 2.24) is 14.6 Å². The molecule has 2 aromatic heterocycles. The van der Waals surface area contributed by atoms with Gasteiger partial charge in [0.1, 0.15) is 0 Å². The Bertz CT molecular complexity index is 444. The number of anilines is 1. The minimum Gasteiger partial charge on any atom is -0.350 e. The van der Waals surface area contributed by atoms with Gasteiger partial charge in [-0.3, -0.25) is 0 Å². The quantitative estimate of drug-likeness (QED) is 0.760. The molecule has 0 saturated carbocycles.